The molecule has 0 fully saturated rings. The van der Waals surface area contributed by atoms with Crippen molar-refractivity contribution in [3.8, 4) is 0 Å². The lowest BCUT2D eigenvalue weighted by molar-refractivity contribution is 0.234. The molecule has 0 bridgehead atoms. The van der Waals surface area contributed by atoms with Crippen molar-refractivity contribution in [1.29, 1.82) is 5.41 Å². The number of amidine groups is 1. The van der Waals surface area contributed by atoms with Crippen molar-refractivity contribution in [3.63, 3.8) is 0 Å². The molecule has 1 aromatic carbocycles. The fourth-order valence-corrected chi connectivity index (χ4v) is 2.24. The molecule has 2 atom stereocenters. The summed E-state index contributed by atoms with van der Waals surface area (Å²) in [6.07, 6.45) is 0. The van der Waals surface area contributed by atoms with E-state index in [9.17, 15) is 4.55 Å². The molecule has 0 aromatic heterocycles. The zero-order chi connectivity index (χ0) is 16.6. The van der Waals surface area contributed by atoms with Crippen molar-refractivity contribution in [2.45, 2.75) is 38.5 Å². The number of benzene rings is 1. The number of halogens is 1. The van der Waals surface area contributed by atoms with Gasteiger partial charge in [0.15, 0.2) is 0 Å². The van der Waals surface area contributed by atoms with Crippen LogP contribution in [0.4, 0.5) is 0 Å². The highest BCUT2D eigenvalue weighted by atomic mass is 35.5. The molecule has 0 aliphatic carbocycles. The molecule has 9 heteroatoms. The summed E-state index contributed by atoms with van der Waals surface area (Å²) < 4.78 is 14.7. The molecule has 0 aliphatic rings. The van der Waals surface area contributed by atoms with Gasteiger partial charge < -0.3 is 9.76 Å². The average Bonchev–Trinajstić information content (AvgIpc) is 2.47. The second kappa shape index (κ2) is 10.8. The van der Waals surface area contributed by atoms with Crippen molar-refractivity contribution in [2.24, 2.45) is 5.90 Å². The van der Waals surface area contributed by atoms with Gasteiger partial charge in [0.25, 0.3) is 0 Å². The van der Waals surface area contributed by atoms with Crippen molar-refractivity contribution in [1.82, 2.24) is 10.2 Å². The van der Waals surface area contributed by atoms with E-state index in [4.69, 9.17) is 15.8 Å². The van der Waals surface area contributed by atoms with E-state index in [-0.39, 0.29) is 29.0 Å². The van der Waals surface area contributed by atoms with E-state index in [1.165, 1.54) is 0 Å². The van der Waals surface area contributed by atoms with Crippen LogP contribution in [0.2, 0.25) is 0 Å². The molecule has 0 aliphatic heterocycles. The molecule has 0 amide bonds. The Hall–Kier alpha value is -0.870. The van der Waals surface area contributed by atoms with E-state index in [1.807, 2.05) is 39.2 Å². The van der Waals surface area contributed by atoms with Crippen molar-refractivity contribution in [2.75, 3.05) is 0 Å². The predicted octanol–water partition coefficient (Wildman–Crippen LogP) is 1.86. The zero-order valence-corrected chi connectivity index (χ0v) is 14.7. The van der Waals surface area contributed by atoms with E-state index >= 15 is 0 Å². The van der Waals surface area contributed by atoms with Crippen LogP contribution in [-0.4, -0.2) is 25.5 Å². The van der Waals surface area contributed by atoms with E-state index in [2.05, 4.69) is 10.6 Å². The van der Waals surface area contributed by atoms with Crippen LogP contribution < -0.4 is 16.1 Å². The van der Waals surface area contributed by atoms with Gasteiger partial charge in [0.05, 0.1) is 6.04 Å². The van der Waals surface area contributed by atoms with Crippen molar-refractivity contribution < 1.29 is 15.0 Å². The Kier molecular flexibility index (Phi) is 11.5. The monoisotopic (exact) mass is 352 g/mol. The highest BCUT2D eigenvalue weighted by molar-refractivity contribution is 7.90. The summed E-state index contributed by atoms with van der Waals surface area (Å²) >= 11 is -1.16. The fraction of sp³-hybridized carbons (Fsp3) is 0.462. The number of hydroxylamine groups is 1. The Morgan fingerprint density at radius 1 is 1.36 bits per heavy atom. The predicted molar refractivity (Wildman–Crippen MR) is 90.9 cm³/mol. The van der Waals surface area contributed by atoms with Crippen LogP contribution >= 0.6 is 12.4 Å². The summed E-state index contributed by atoms with van der Waals surface area (Å²) in [4.78, 5) is 0. The third-order valence-corrected chi connectivity index (χ3v) is 4.31. The summed E-state index contributed by atoms with van der Waals surface area (Å²) in [6.45, 7) is 7.64. The number of nitrogens with two attached hydrogens (primary N) is 1. The smallest absolute Gasteiger partial charge is 0.149 e. The van der Waals surface area contributed by atoms with E-state index in [0.29, 0.717) is 5.56 Å². The molecule has 0 spiro atoms. The molecule has 1 unspecified atom stereocenters. The summed E-state index contributed by atoms with van der Waals surface area (Å²) in [5.41, 5.74) is 3.31. The molecule has 0 heterocycles. The molecule has 22 heavy (non-hydrogen) atoms. The Morgan fingerprint density at radius 2 is 1.91 bits per heavy atom. The highest BCUT2D eigenvalue weighted by Crippen LogP contribution is 2.20. The number of nitrogens with one attached hydrogen (secondary N) is 3. The van der Waals surface area contributed by atoms with Gasteiger partial charge in [0.1, 0.15) is 10.6 Å². The van der Waals surface area contributed by atoms with Gasteiger partial charge >= 0.3 is 0 Å². The number of hydrogen-bond donors (Lipinski definition) is 6. The third-order valence-electron chi connectivity index (χ3n) is 2.63. The first-order valence-electron chi connectivity index (χ1n) is 6.28. The number of hydrogen-bond acceptors (Lipinski definition) is 6. The fourth-order valence-electron chi connectivity index (χ4n) is 1.43. The van der Waals surface area contributed by atoms with E-state index < -0.39 is 11.4 Å². The van der Waals surface area contributed by atoms with Crippen LogP contribution in [0.1, 0.15) is 44.9 Å². The van der Waals surface area contributed by atoms with Crippen LogP contribution in [0.5, 0.6) is 0 Å². The van der Waals surface area contributed by atoms with Gasteiger partial charge in [0, 0.05) is 16.9 Å². The largest absolute Gasteiger partial charge is 0.598 e. The first-order chi connectivity index (χ1) is 9.75. The maximum absolute atomic E-state index is 12.0. The lowest BCUT2D eigenvalue weighted by atomic mass is 10.1. The Bertz CT molecular complexity index is 457. The Balaban J connectivity index is 0. The summed E-state index contributed by atoms with van der Waals surface area (Å²) in [5.74, 6) is 3.44. The van der Waals surface area contributed by atoms with Gasteiger partial charge in [-0.25, -0.2) is 5.90 Å². The van der Waals surface area contributed by atoms with Gasteiger partial charge in [-0.1, -0.05) is 18.2 Å². The summed E-state index contributed by atoms with van der Waals surface area (Å²) in [7, 11) is 0. The lowest BCUT2D eigenvalue weighted by Crippen LogP contribution is -2.40. The van der Waals surface area contributed by atoms with Crippen LogP contribution in [-0.2, 0) is 11.4 Å². The summed E-state index contributed by atoms with van der Waals surface area (Å²) in [5, 5.41) is 22.7. The molecule has 7 N–H and O–H groups in total. The molecule has 0 radical (unpaired) electrons. The van der Waals surface area contributed by atoms with Gasteiger partial charge in [-0.2, -0.15) is 0 Å². The van der Waals surface area contributed by atoms with Crippen LogP contribution in [0, 0.1) is 5.41 Å². The second-order valence-corrected chi connectivity index (χ2v) is 7.33. The molecular formula is C13H25ClN4O3S. The first kappa shape index (κ1) is 23.4. The topological polar surface area (TPSA) is 137 Å². The van der Waals surface area contributed by atoms with Gasteiger partial charge in [-0.3, -0.25) is 16.1 Å². The van der Waals surface area contributed by atoms with E-state index in [1.54, 1.807) is 18.2 Å². The normalized spacial score (nSPS) is 13.1. The zero-order valence-electron chi connectivity index (χ0n) is 13.1. The highest BCUT2D eigenvalue weighted by Gasteiger charge is 2.28. The standard InChI is InChI=1S/C13H21N3O2S.ClH.H3NO/c1-9(16-19(18)13(2,3)4)10-6-5-7-11(8-10)12(14)15-17;;1-2/h5-9,16-17H,1-4H3,(H2,14,15);1H;2H,1H2/t9-,19?;;/m0../s1. The molecule has 0 saturated carbocycles. The van der Waals surface area contributed by atoms with Crippen LogP contribution in [0.25, 0.3) is 0 Å². The van der Waals surface area contributed by atoms with Crippen LogP contribution in [0.3, 0.4) is 0 Å². The minimum atomic E-state index is -1.16. The molecule has 7 nitrogen and oxygen atoms in total. The quantitative estimate of drug-likeness (QED) is 0.212. The second-order valence-electron chi connectivity index (χ2n) is 5.33. The van der Waals surface area contributed by atoms with Crippen LogP contribution in [0.15, 0.2) is 24.3 Å². The first-order valence-corrected chi connectivity index (χ1v) is 7.43. The minimum Gasteiger partial charge on any atom is -0.598 e. The molecular weight excluding hydrogens is 328 g/mol. The maximum Gasteiger partial charge on any atom is 0.149 e. The maximum atomic E-state index is 12.0. The number of rotatable bonds is 4. The molecule has 128 valence electrons. The Labute approximate surface area is 140 Å². The molecule has 1 aromatic rings. The van der Waals surface area contributed by atoms with Crippen molar-refractivity contribution >= 4 is 29.6 Å². The third kappa shape index (κ3) is 7.41. The summed E-state index contributed by atoms with van der Waals surface area (Å²) in [6, 6.07) is 7.10. The molecule has 1 rings (SSSR count). The van der Waals surface area contributed by atoms with Gasteiger partial charge in [-0.05, 0) is 39.3 Å². The van der Waals surface area contributed by atoms with Gasteiger partial charge in [0.2, 0.25) is 0 Å². The average molecular weight is 353 g/mol. The Morgan fingerprint density at radius 3 is 2.36 bits per heavy atom. The van der Waals surface area contributed by atoms with Gasteiger partial charge in [-0.15, -0.1) is 17.1 Å². The minimum absolute atomic E-state index is 0. The SMILES string of the molecule is C[C@H](N[S+]([O-])C(C)(C)C)c1cccc(C(=N)NO)c1.Cl.NO. The molecule has 0 saturated heterocycles. The van der Waals surface area contributed by atoms with E-state index in [0.717, 1.165) is 5.56 Å². The van der Waals surface area contributed by atoms with Crippen molar-refractivity contribution in [3.05, 3.63) is 35.4 Å². The lowest BCUT2D eigenvalue weighted by Gasteiger charge is -2.26.